The van der Waals surface area contributed by atoms with Crippen molar-refractivity contribution < 1.29 is 4.79 Å². The molecule has 0 radical (unpaired) electrons. The molecular formula is C16H24N2O. The summed E-state index contributed by atoms with van der Waals surface area (Å²) in [6.45, 7) is 4.59. The summed E-state index contributed by atoms with van der Waals surface area (Å²) in [4.78, 5) is 14.4. The fraction of sp³-hybridized carbons (Fsp3) is 0.562. The first-order valence-electron chi connectivity index (χ1n) is 7.25. The topological polar surface area (TPSA) is 46.3 Å². The predicted molar refractivity (Wildman–Crippen MR) is 77.6 cm³/mol. The van der Waals surface area contributed by atoms with Crippen molar-refractivity contribution in [1.82, 2.24) is 4.90 Å². The zero-order chi connectivity index (χ0) is 13.7. The maximum atomic E-state index is 12.4. The van der Waals surface area contributed by atoms with Gasteiger partial charge in [-0.05, 0) is 36.3 Å². The standard InChI is InChI=1S/C16H24N2O/c1-13-5-4-9-18(10-8-13)16(19)11-14-6-2-3-7-15(14)12-17/h2-3,6-7,13H,4-5,8-12,17H2,1H3. The highest BCUT2D eigenvalue weighted by atomic mass is 16.2. The number of benzene rings is 1. The van der Waals surface area contributed by atoms with E-state index in [4.69, 9.17) is 5.73 Å². The van der Waals surface area contributed by atoms with E-state index in [0.29, 0.717) is 13.0 Å². The van der Waals surface area contributed by atoms with E-state index in [1.54, 1.807) is 0 Å². The van der Waals surface area contributed by atoms with Gasteiger partial charge in [-0.3, -0.25) is 4.79 Å². The summed E-state index contributed by atoms with van der Waals surface area (Å²) in [7, 11) is 0. The van der Waals surface area contributed by atoms with Gasteiger partial charge >= 0.3 is 0 Å². The molecule has 1 heterocycles. The molecule has 0 spiro atoms. The van der Waals surface area contributed by atoms with Gasteiger partial charge in [-0.1, -0.05) is 31.2 Å². The smallest absolute Gasteiger partial charge is 0.227 e. The summed E-state index contributed by atoms with van der Waals surface area (Å²) >= 11 is 0. The van der Waals surface area contributed by atoms with Gasteiger partial charge in [0.25, 0.3) is 0 Å². The zero-order valence-corrected chi connectivity index (χ0v) is 11.8. The molecule has 2 rings (SSSR count). The Morgan fingerprint density at radius 1 is 1.26 bits per heavy atom. The van der Waals surface area contributed by atoms with E-state index < -0.39 is 0 Å². The van der Waals surface area contributed by atoms with E-state index in [-0.39, 0.29) is 5.91 Å². The van der Waals surface area contributed by atoms with Crippen molar-refractivity contribution in [3.8, 4) is 0 Å². The Hall–Kier alpha value is -1.35. The number of nitrogens with two attached hydrogens (primary N) is 1. The van der Waals surface area contributed by atoms with Crippen LogP contribution in [0.25, 0.3) is 0 Å². The van der Waals surface area contributed by atoms with Gasteiger partial charge in [0.15, 0.2) is 0 Å². The van der Waals surface area contributed by atoms with Crippen molar-refractivity contribution in [2.45, 2.75) is 39.2 Å². The van der Waals surface area contributed by atoms with Crippen molar-refractivity contribution in [3.63, 3.8) is 0 Å². The zero-order valence-electron chi connectivity index (χ0n) is 11.8. The molecule has 1 saturated heterocycles. The van der Waals surface area contributed by atoms with Crippen molar-refractivity contribution in [2.24, 2.45) is 11.7 Å². The third-order valence-corrected chi connectivity index (χ3v) is 4.05. The van der Waals surface area contributed by atoms with Gasteiger partial charge < -0.3 is 10.6 Å². The quantitative estimate of drug-likeness (QED) is 0.906. The van der Waals surface area contributed by atoms with E-state index in [9.17, 15) is 4.79 Å². The second kappa shape index (κ2) is 6.71. The molecule has 1 aliphatic rings. The van der Waals surface area contributed by atoms with Crippen molar-refractivity contribution in [2.75, 3.05) is 13.1 Å². The van der Waals surface area contributed by atoms with E-state index in [2.05, 4.69) is 6.92 Å². The van der Waals surface area contributed by atoms with Crippen LogP contribution in [0.15, 0.2) is 24.3 Å². The molecule has 0 bridgehead atoms. The lowest BCUT2D eigenvalue weighted by molar-refractivity contribution is -0.130. The molecule has 1 fully saturated rings. The fourth-order valence-corrected chi connectivity index (χ4v) is 2.72. The molecule has 1 amide bonds. The summed E-state index contributed by atoms with van der Waals surface area (Å²) in [6.07, 6.45) is 3.99. The number of likely N-dealkylation sites (tertiary alicyclic amines) is 1. The maximum Gasteiger partial charge on any atom is 0.227 e. The Labute approximate surface area is 115 Å². The first kappa shape index (κ1) is 14.1. The molecule has 19 heavy (non-hydrogen) atoms. The molecule has 1 aromatic rings. The summed E-state index contributed by atoms with van der Waals surface area (Å²) in [5.41, 5.74) is 7.88. The normalized spacial score (nSPS) is 20.1. The number of carbonyl (C=O) groups is 1. The lowest BCUT2D eigenvalue weighted by atomic mass is 10.0. The highest BCUT2D eigenvalue weighted by molar-refractivity contribution is 5.79. The van der Waals surface area contributed by atoms with Crippen LogP contribution in [-0.4, -0.2) is 23.9 Å². The Kier molecular flexibility index (Phi) is 4.97. The Bertz CT molecular complexity index is 431. The predicted octanol–water partition coefficient (Wildman–Crippen LogP) is 2.34. The summed E-state index contributed by atoms with van der Waals surface area (Å²) in [6, 6.07) is 7.98. The number of nitrogens with zero attached hydrogens (tertiary/aromatic N) is 1. The maximum absolute atomic E-state index is 12.4. The van der Waals surface area contributed by atoms with Crippen LogP contribution in [0, 0.1) is 5.92 Å². The molecule has 1 unspecified atom stereocenters. The molecule has 104 valence electrons. The monoisotopic (exact) mass is 260 g/mol. The van der Waals surface area contributed by atoms with Gasteiger partial charge in [0.1, 0.15) is 0 Å². The number of hydrogen-bond donors (Lipinski definition) is 1. The second-order valence-corrected chi connectivity index (χ2v) is 5.57. The van der Waals surface area contributed by atoms with Crippen molar-refractivity contribution in [1.29, 1.82) is 0 Å². The van der Waals surface area contributed by atoms with Crippen LogP contribution in [0.1, 0.15) is 37.3 Å². The fourth-order valence-electron chi connectivity index (χ4n) is 2.72. The minimum absolute atomic E-state index is 0.245. The molecule has 3 heteroatoms. The first-order valence-corrected chi connectivity index (χ1v) is 7.25. The number of carbonyl (C=O) groups excluding carboxylic acids is 1. The van der Waals surface area contributed by atoms with Gasteiger partial charge in [-0.15, -0.1) is 0 Å². The van der Waals surface area contributed by atoms with Gasteiger partial charge in [0.2, 0.25) is 5.91 Å². The Morgan fingerprint density at radius 3 is 2.74 bits per heavy atom. The Balaban J connectivity index is 2.00. The van der Waals surface area contributed by atoms with E-state index in [0.717, 1.165) is 43.0 Å². The van der Waals surface area contributed by atoms with E-state index in [1.165, 1.54) is 6.42 Å². The van der Waals surface area contributed by atoms with Crippen LogP contribution >= 0.6 is 0 Å². The molecule has 1 aliphatic heterocycles. The van der Waals surface area contributed by atoms with Crippen LogP contribution in [0.4, 0.5) is 0 Å². The number of rotatable bonds is 3. The minimum atomic E-state index is 0.245. The molecule has 2 N–H and O–H groups in total. The minimum Gasteiger partial charge on any atom is -0.342 e. The number of hydrogen-bond acceptors (Lipinski definition) is 2. The summed E-state index contributed by atoms with van der Waals surface area (Å²) in [5.74, 6) is 0.990. The first-order chi connectivity index (χ1) is 9.20. The lowest BCUT2D eigenvalue weighted by Crippen LogP contribution is -2.33. The van der Waals surface area contributed by atoms with Crippen molar-refractivity contribution in [3.05, 3.63) is 35.4 Å². The summed E-state index contributed by atoms with van der Waals surface area (Å²) < 4.78 is 0. The molecule has 1 atom stereocenters. The number of amides is 1. The van der Waals surface area contributed by atoms with Crippen LogP contribution < -0.4 is 5.73 Å². The van der Waals surface area contributed by atoms with Gasteiger partial charge in [-0.25, -0.2) is 0 Å². The van der Waals surface area contributed by atoms with Gasteiger partial charge in [0.05, 0.1) is 6.42 Å². The molecule has 3 nitrogen and oxygen atoms in total. The van der Waals surface area contributed by atoms with Crippen LogP contribution in [0.3, 0.4) is 0 Å². The largest absolute Gasteiger partial charge is 0.342 e. The molecular weight excluding hydrogens is 236 g/mol. The molecule has 0 aliphatic carbocycles. The highest BCUT2D eigenvalue weighted by Crippen LogP contribution is 2.18. The van der Waals surface area contributed by atoms with Crippen LogP contribution in [-0.2, 0) is 17.8 Å². The van der Waals surface area contributed by atoms with Gasteiger partial charge in [0, 0.05) is 19.6 Å². The Morgan fingerprint density at radius 2 is 2.00 bits per heavy atom. The molecule has 0 aromatic heterocycles. The molecule has 1 aromatic carbocycles. The average molecular weight is 260 g/mol. The SMILES string of the molecule is CC1CCCN(C(=O)Cc2ccccc2CN)CC1. The summed E-state index contributed by atoms with van der Waals surface area (Å²) in [5, 5.41) is 0. The van der Waals surface area contributed by atoms with Crippen LogP contribution in [0.2, 0.25) is 0 Å². The average Bonchev–Trinajstić information content (AvgIpc) is 2.64. The third-order valence-electron chi connectivity index (χ3n) is 4.05. The van der Waals surface area contributed by atoms with Gasteiger partial charge in [-0.2, -0.15) is 0 Å². The van der Waals surface area contributed by atoms with Crippen molar-refractivity contribution >= 4 is 5.91 Å². The lowest BCUT2D eigenvalue weighted by Gasteiger charge is -2.21. The third kappa shape index (κ3) is 3.80. The van der Waals surface area contributed by atoms with E-state index >= 15 is 0 Å². The van der Waals surface area contributed by atoms with E-state index in [1.807, 2.05) is 29.2 Å². The molecule has 0 saturated carbocycles. The van der Waals surface area contributed by atoms with Crippen LogP contribution in [0.5, 0.6) is 0 Å². The highest BCUT2D eigenvalue weighted by Gasteiger charge is 2.19. The second-order valence-electron chi connectivity index (χ2n) is 5.57.